The van der Waals surface area contributed by atoms with Crippen molar-refractivity contribution in [3.63, 3.8) is 0 Å². The molecule has 1 aliphatic rings. The van der Waals surface area contributed by atoms with Crippen LogP contribution in [0.4, 0.5) is 0 Å². The maximum atomic E-state index is 6.39. The molecule has 0 aromatic heterocycles. The second-order valence-electron chi connectivity index (χ2n) is 4.68. The highest BCUT2D eigenvalue weighted by Crippen LogP contribution is 2.35. The molecule has 2 nitrogen and oxygen atoms in total. The van der Waals surface area contributed by atoms with Gasteiger partial charge in [0.05, 0.1) is 12.6 Å². The second-order valence-corrected chi connectivity index (χ2v) is 5.56. The maximum absolute atomic E-state index is 6.39. The van der Waals surface area contributed by atoms with Crippen molar-refractivity contribution in [2.24, 2.45) is 5.73 Å². The van der Waals surface area contributed by atoms with Crippen LogP contribution in [-0.2, 0) is 6.42 Å². The van der Waals surface area contributed by atoms with Gasteiger partial charge in [-0.1, -0.05) is 30.3 Å². The standard InChI is InChI=1S/C16H17NOS/c1-19-13-7-5-11(6-8-13)15(17)14-4-2-3-12-9-10-18-16(12)14/h2-8,15H,9-10,17H2,1H3. The Balaban J connectivity index is 1.95. The number of nitrogens with two attached hydrogens (primary N) is 1. The van der Waals surface area contributed by atoms with E-state index in [1.165, 1.54) is 10.5 Å². The van der Waals surface area contributed by atoms with Crippen LogP contribution in [0.5, 0.6) is 5.75 Å². The molecule has 0 saturated carbocycles. The van der Waals surface area contributed by atoms with E-state index in [2.05, 4.69) is 48.7 Å². The first-order valence-electron chi connectivity index (χ1n) is 6.43. The lowest BCUT2D eigenvalue weighted by molar-refractivity contribution is 0.352. The van der Waals surface area contributed by atoms with E-state index in [0.717, 1.165) is 29.9 Å². The number of benzene rings is 2. The van der Waals surface area contributed by atoms with E-state index in [9.17, 15) is 0 Å². The highest BCUT2D eigenvalue weighted by Gasteiger charge is 2.20. The molecule has 0 amide bonds. The summed E-state index contributed by atoms with van der Waals surface area (Å²) in [7, 11) is 0. The van der Waals surface area contributed by atoms with Gasteiger partial charge in [-0.25, -0.2) is 0 Å². The predicted octanol–water partition coefficient (Wildman–Crippen LogP) is 3.39. The average molecular weight is 271 g/mol. The summed E-state index contributed by atoms with van der Waals surface area (Å²) in [5.74, 6) is 0.990. The van der Waals surface area contributed by atoms with Crippen LogP contribution in [0.2, 0.25) is 0 Å². The van der Waals surface area contributed by atoms with E-state index < -0.39 is 0 Å². The molecular formula is C16H17NOS. The number of para-hydroxylation sites is 1. The number of hydrogen-bond donors (Lipinski definition) is 1. The zero-order chi connectivity index (χ0) is 13.2. The minimum atomic E-state index is -0.121. The number of rotatable bonds is 3. The lowest BCUT2D eigenvalue weighted by atomic mass is 9.97. The molecule has 1 unspecified atom stereocenters. The van der Waals surface area contributed by atoms with Crippen molar-refractivity contribution in [3.05, 3.63) is 59.2 Å². The first-order valence-corrected chi connectivity index (χ1v) is 7.66. The predicted molar refractivity (Wildman–Crippen MR) is 79.9 cm³/mol. The zero-order valence-corrected chi connectivity index (χ0v) is 11.7. The van der Waals surface area contributed by atoms with Gasteiger partial charge in [0, 0.05) is 16.9 Å². The number of thioether (sulfide) groups is 1. The first-order chi connectivity index (χ1) is 9.29. The first kappa shape index (κ1) is 12.6. The summed E-state index contributed by atoms with van der Waals surface area (Å²) >= 11 is 1.74. The van der Waals surface area contributed by atoms with Crippen LogP contribution in [0.3, 0.4) is 0 Å². The zero-order valence-electron chi connectivity index (χ0n) is 10.9. The molecule has 1 atom stereocenters. The monoisotopic (exact) mass is 271 g/mol. The molecule has 2 aromatic rings. The molecule has 1 heterocycles. The van der Waals surface area contributed by atoms with Crippen molar-refractivity contribution >= 4 is 11.8 Å². The van der Waals surface area contributed by atoms with Crippen molar-refractivity contribution in [2.45, 2.75) is 17.4 Å². The minimum absolute atomic E-state index is 0.121. The third kappa shape index (κ3) is 2.36. The van der Waals surface area contributed by atoms with Gasteiger partial charge in [0.1, 0.15) is 5.75 Å². The van der Waals surface area contributed by atoms with E-state index in [0.29, 0.717) is 0 Å². The average Bonchev–Trinajstić information content (AvgIpc) is 2.95. The van der Waals surface area contributed by atoms with E-state index in [1.54, 1.807) is 11.8 Å². The Morgan fingerprint density at radius 3 is 2.68 bits per heavy atom. The lowest BCUT2D eigenvalue weighted by Crippen LogP contribution is -2.12. The van der Waals surface area contributed by atoms with Crippen molar-refractivity contribution in [1.82, 2.24) is 0 Å². The maximum Gasteiger partial charge on any atom is 0.127 e. The van der Waals surface area contributed by atoms with Crippen LogP contribution in [0.15, 0.2) is 47.4 Å². The van der Waals surface area contributed by atoms with Crippen LogP contribution >= 0.6 is 11.8 Å². The van der Waals surface area contributed by atoms with Gasteiger partial charge in [0.25, 0.3) is 0 Å². The molecule has 1 aliphatic heterocycles. The summed E-state index contributed by atoms with van der Waals surface area (Å²) in [5.41, 5.74) is 9.88. The molecule has 0 aliphatic carbocycles. The van der Waals surface area contributed by atoms with Gasteiger partial charge >= 0.3 is 0 Å². The fourth-order valence-electron chi connectivity index (χ4n) is 2.48. The van der Waals surface area contributed by atoms with Gasteiger partial charge in [0.2, 0.25) is 0 Å². The lowest BCUT2D eigenvalue weighted by Gasteiger charge is -2.16. The summed E-state index contributed by atoms with van der Waals surface area (Å²) in [4.78, 5) is 1.26. The Labute approximate surface area is 118 Å². The van der Waals surface area contributed by atoms with Crippen molar-refractivity contribution in [3.8, 4) is 5.75 Å². The Morgan fingerprint density at radius 2 is 1.95 bits per heavy atom. The van der Waals surface area contributed by atoms with Crippen molar-refractivity contribution in [1.29, 1.82) is 0 Å². The van der Waals surface area contributed by atoms with Crippen LogP contribution in [0, 0.1) is 0 Å². The molecule has 0 spiro atoms. The molecular weight excluding hydrogens is 254 g/mol. The second kappa shape index (κ2) is 5.27. The fraction of sp³-hybridized carbons (Fsp3) is 0.250. The van der Waals surface area contributed by atoms with E-state index in [4.69, 9.17) is 10.5 Å². The SMILES string of the molecule is CSc1ccc(C(N)c2cccc3c2OCC3)cc1. The van der Waals surface area contributed by atoms with Crippen molar-refractivity contribution < 1.29 is 4.74 Å². The molecule has 2 aromatic carbocycles. The summed E-state index contributed by atoms with van der Waals surface area (Å²) in [5, 5.41) is 0. The number of ether oxygens (including phenoxy) is 1. The van der Waals surface area contributed by atoms with Gasteiger partial charge in [-0.3, -0.25) is 0 Å². The Morgan fingerprint density at radius 1 is 1.16 bits per heavy atom. The quantitative estimate of drug-likeness (QED) is 0.869. The topological polar surface area (TPSA) is 35.2 Å². The molecule has 3 heteroatoms. The molecule has 3 rings (SSSR count). The molecule has 19 heavy (non-hydrogen) atoms. The van der Waals surface area contributed by atoms with E-state index >= 15 is 0 Å². The summed E-state index contributed by atoms with van der Waals surface area (Å²) in [6.07, 6.45) is 3.06. The van der Waals surface area contributed by atoms with Gasteiger partial charge in [-0.2, -0.15) is 0 Å². The van der Waals surface area contributed by atoms with E-state index in [-0.39, 0.29) is 6.04 Å². The van der Waals surface area contributed by atoms with Crippen LogP contribution < -0.4 is 10.5 Å². The number of fused-ring (bicyclic) bond motifs is 1. The Kier molecular flexibility index (Phi) is 3.49. The molecule has 2 N–H and O–H groups in total. The van der Waals surface area contributed by atoms with Gasteiger partial charge in [-0.05, 0) is 29.5 Å². The van der Waals surface area contributed by atoms with Gasteiger partial charge in [-0.15, -0.1) is 11.8 Å². The fourth-order valence-corrected chi connectivity index (χ4v) is 2.88. The Bertz CT molecular complexity index is 580. The molecule has 0 fully saturated rings. The van der Waals surface area contributed by atoms with Crippen molar-refractivity contribution in [2.75, 3.05) is 12.9 Å². The van der Waals surface area contributed by atoms with E-state index in [1.807, 2.05) is 0 Å². The third-order valence-corrected chi connectivity index (χ3v) is 4.30. The summed E-state index contributed by atoms with van der Waals surface area (Å²) < 4.78 is 5.73. The smallest absolute Gasteiger partial charge is 0.127 e. The number of hydrogen-bond acceptors (Lipinski definition) is 3. The highest BCUT2D eigenvalue weighted by atomic mass is 32.2. The molecule has 0 radical (unpaired) electrons. The minimum Gasteiger partial charge on any atom is -0.493 e. The Hall–Kier alpha value is -1.45. The van der Waals surface area contributed by atoms with Crippen LogP contribution in [-0.4, -0.2) is 12.9 Å². The van der Waals surface area contributed by atoms with Gasteiger partial charge in [0.15, 0.2) is 0 Å². The molecule has 98 valence electrons. The van der Waals surface area contributed by atoms with Gasteiger partial charge < -0.3 is 10.5 Å². The normalized spacial score (nSPS) is 14.8. The van der Waals surface area contributed by atoms with Crippen LogP contribution in [0.25, 0.3) is 0 Å². The molecule has 0 bridgehead atoms. The largest absolute Gasteiger partial charge is 0.493 e. The third-order valence-electron chi connectivity index (χ3n) is 3.55. The summed E-state index contributed by atoms with van der Waals surface area (Å²) in [6, 6.07) is 14.6. The summed E-state index contributed by atoms with van der Waals surface area (Å²) in [6.45, 7) is 0.768. The molecule has 0 saturated heterocycles. The highest BCUT2D eigenvalue weighted by molar-refractivity contribution is 7.98. The van der Waals surface area contributed by atoms with Crippen LogP contribution in [0.1, 0.15) is 22.7 Å².